The average Bonchev–Trinajstić information content (AvgIpc) is 2.18. The Labute approximate surface area is 109 Å². The van der Waals surface area contributed by atoms with Crippen LogP contribution in [-0.4, -0.2) is 32.4 Å². The number of benzene rings is 1. The smallest absolute Gasteiger partial charge is 0.242 e. The predicted molar refractivity (Wildman–Crippen MR) is 72.1 cm³/mol. The van der Waals surface area contributed by atoms with E-state index in [2.05, 4.69) is 0 Å². The van der Waals surface area contributed by atoms with Gasteiger partial charge in [0, 0.05) is 20.2 Å². The van der Waals surface area contributed by atoms with E-state index >= 15 is 0 Å². The minimum Gasteiger partial charge on any atom is -0.486 e. The molecule has 18 heavy (non-hydrogen) atoms. The maximum Gasteiger partial charge on any atom is 0.242 e. The zero-order chi connectivity index (χ0) is 14.1. The van der Waals surface area contributed by atoms with Crippen LogP contribution < -0.4 is 10.5 Å². The lowest BCUT2D eigenvalue weighted by Crippen LogP contribution is -2.25. The standard InChI is InChI=1S/C12H20N2O3S/c1-12(2,3)17-11-8-9(6-7-10(11)13)18(15,16)14(4)5/h6-8H,13H2,1-5H3. The monoisotopic (exact) mass is 272 g/mol. The van der Waals surface area contributed by atoms with E-state index in [0.717, 1.165) is 4.31 Å². The second-order valence-corrected chi connectivity index (χ2v) is 7.35. The molecule has 0 spiro atoms. The number of ether oxygens (including phenoxy) is 1. The van der Waals surface area contributed by atoms with Crippen LogP contribution in [0.2, 0.25) is 0 Å². The Morgan fingerprint density at radius 1 is 1.22 bits per heavy atom. The van der Waals surface area contributed by atoms with Crippen molar-refractivity contribution in [3.63, 3.8) is 0 Å². The average molecular weight is 272 g/mol. The summed E-state index contributed by atoms with van der Waals surface area (Å²) in [7, 11) is -0.510. The molecule has 0 amide bonds. The van der Waals surface area contributed by atoms with Crippen molar-refractivity contribution in [1.82, 2.24) is 4.31 Å². The first-order valence-corrected chi connectivity index (χ1v) is 6.99. The van der Waals surface area contributed by atoms with Crippen molar-refractivity contribution in [3.05, 3.63) is 18.2 Å². The lowest BCUT2D eigenvalue weighted by molar-refractivity contribution is 0.131. The summed E-state index contributed by atoms with van der Waals surface area (Å²) in [6.07, 6.45) is 0. The van der Waals surface area contributed by atoms with E-state index in [-0.39, 0.29) is 4.90 Å². The van der Waals surface area contributed by atoms with Gasteiger partial charge in [-0.25, -0.2) is 12.7 Å². The van der Waals surface area contributed by atoms with E-state index < -0.39 is 15.6 Å². The van der Waals surface area contributed by atoms with Gasteiger partial charge in [-0.15, -0.1) is 0 Å². The molecule has 0 aromatic heterocycles. The van der Waals surface area contributed by atoms with E-state index in [4.69, 9.17) is 10.5 Å². The summed E-state index contributed by atoms with van der Waals surface area (Å²) in [5.74, 6) is 0.380. The third kappa shape index (κ3) is 3.36. The van der Waals surface area contributed by atoms with E-state index in [1.807, 2.05) is 20.8 Å². The van der Waals surface area contributed by atoms with Crippen LogP contribution in [0.1, 0.15) is 20.8 Å². The highest BCUT2D eigenvalue weighted by molar-refractivity contribution is 7.89. The molecule has 0 radical (unpaired) electrons. The maximum atomic E-state index is 12.0. The quantitative estimate of drug-likeness (QED) is 0.850. The fourth-order valence-corrected chi connectivity index (χ4v) is 2.22. The minimum atomic E-state index is -3.47. The number of sulfonamides is 1. The molecule has 0 unspecified atom stereocenters. The Morgan fingerprint density at radius 2 is 1.78 bits per heavy atom. The third-order valence-electron chi connectivity index (χ3n) is 2.18. The normalized spacial score (nSPS) is 12.8. The van der Waals surface area contributed by atoms with Gasteiger partial charge in [0.15, 0.2) is 0 Å². The zero-order valence-corrected chi connectivity index (χ0v) is 12.2. The van der Waals surface area contributed by atoms with Crippen molar-refractivity contribution in [2.75, 3.05) is 19.8 Å². The molecule has 2 N–H and O–H groups in total. The fraction of sp³-hybridized carbons (Fsp3) is 0.500. The molecule has 0 bridgehead atoms. The number of hydrogen-bond donors (Lipinski definition) is 1. The van der Waals surface area contributed by atoms with Gasteiger partial charge < -0.3 is 10.5 Å². The highest BCUT2D eigenvalue weighted by Crippen LogP contribution is 2.29. The van der Waals surface area contributed by atoms with Gasteiger partial charge in [0.2, 0.25) is 10.0 Å². The van der Waals surface area contributed by atoms with Gasteiger partial charge in [-0.3, -0.25) is 0 Å². The fourth-order valence-electron chi connectivity index (χ4n) is 1.30. The number of nitrogen functional groups attached to an aromatic ring is 1. The molecule has 1 rings (SSSR count). The molecule has 5 nitrogen and oxygen atoms in total. The molecule has 0 aliphatic rings. The number of nitrogens with two attached hydrogens (primary N) is 1. The summed E-state index contributed by atoms with van der Waals surface area (Å²) in [5.41, 5.74) is 5.77. The van der Waals surface area contributed by atoms with Crippen LogP contribution in [0.4, 0.5) is 5.69 Å². The molecule has 6 heteroatoms. The minimum absolute atomic E-state index is 0.168. The van der Waals surface area contributed by atoms with Crippen LogP contribution in [-0.2, 0) is 10.0 Å². The second kappa shape index (κ2) is 4.78. The van der Waals surface area contributed by atoms with Gasteiger partial charge >= 0.3 is 0 Å². The van der Waals surface area contributed by atoms with Crippen LogP contribution in [0.15, 0.2) is 23.1 Å². The number of nitrogens with zero attached hydrogens (tertiary/aromatic N) is 1. The zero-order valence-electron chi connectivity index (χ0n) is 11.4. The summed E-state index contributed by atoms with van der Waals surface area (Å²) in [6, 6.07) is 4.47. The van der Waals surface area contributed by atoms with Crippen LogP contribution in [0.5, 0.6) is 5.75 Å². The van der Waals surface area contributed by atoms with Crippen molar-refractivity contribution in [2.45, 2.75) is 31.3 Å². The van der Waals surface area contributed by atoms with E-state index in [0.29, 0.717) is 11.4 Å². The van der Waals surface area contributed by atoms with Gasteiger partial charge in [0.05, 0.1) is 10.6 Å². The molecule has 1 aromatic carbocycles. The van der Waals surface area contributed by atoms with Crippen LogP contribution in [0, 0.1) is 0 Å². The van der Waals surface area contributed by atoms with Crippen LogP contribution >= 0.6 is 0 Å². The first-order chi connectivity index (χ1) is 8.04. The molecule has 0 aliphatic carbocycles. The maximum absolute atomic E-state index is 12.0. The molecule has 1 aromatic rings. The van der Waals surface area contributed by atoms with Gasteiger partial charge in [-0.05, 0) is 32.9 Å². The molecule has 0 saturated heterocycles. The van der Waals surface area contributed by atoms with Gasteiger partial charge in [-0.1, -0.05) is 0 Å². The van der Waals surface area contributed by atoms with Crippen LogP contribution in [0.3, 0.4) is 0 Å². The molecule has 0 saturated carbocycles. The Morgan fingerprint density at radius 3 is 2.22 bits per heavy atom. The van der Waals surface area contributed by atoms with E-state index in [1.54, 1.807) is 0 Å². The van der Waals surface area contributed by atoms with Gasteiger partial charge in [0.25, 0.3) is 0 Å². The van der Waals surface area contributed by atoms with Crippen molar-refractivity contribution >= 4 is 15.7 Å². The number of anilines is 1. The summed E-state index contributed by atoms with van der Waals surface area (Å²) in [5, 5.41) is 0. The van der Waals surface area contributed by atoms with Gasteiger partial charge in [0.1, 0.15) is 11.4 Å². The second-order valence-electron chi connectivity index (χ2n) is 5.20. The Kier molecular flexibility index (Phi) is 3.92. The van der Waals surface area contributed by atoms with Crippen molar-refractivity contribution in [3.8, 4) is 5.75 Å². The largest absolute Gasteiger partial charge is 0.486 e. The number of hydrogen-bond acceptors (Lipinski definition) is 4. The molecule has 0 atom stereocenters. The van der Waals surface area contributed by atoms with Crippen molar-refractivity contribution in [2.24, 2.45) is 0 Å². The molecule has 0 heterocycles. The van der Waals surface area contributed by atoms with Crippen molar-refractivity contribution in [1.29, 1.82) is 0 Å². The first-order valence-electron chi connectivity index (χ1n) is 5.55. The summed E-state index contributed by atoms with van der Waals surface area (Å²) < 4.78 is 30.8. The lowest BCUT2D eigenvalue weighted by Gasteiger charge is -2.23. The molecular formula is C12H20N2O3S. The van der Waals surface area contributed by atoms with Gasteiger partial charge in [-0.2, -0.15) is 0 Å². The molecule has 0 aliphatic heterocycles. The van der Waals surface area contributed by atoms with E-state index in [9.17, 15) is 8.42 Å². The Hall–Kier alpha value is -1.27. The lowest BCUT2D eigenvalue weighted by atomic mass is 10.2. The topological polar surface area (TPSA) is 72.6 Å². The third-order valence-corrected chi connectivity index (χ3v) is 3.99. The highest BCUT2D eigenvalue weighted by atomic mass is 32.2. The predicted octanol–water partition coefficient (Wildman–Crippen LogP) is 1.70. The first kappa shape index (κ1) is 14.8. The summed E-state index contributed by atoms with van der Waals surface area (Å²) >= 11 is 0. The van der Waals surface area contributed by atoms with E-state index in [1.165, 1.54) is 32.3 Å². The highest BCUT2D eigenvalue weighted by Gasteiger charge is 2.20. The Bertz CT molecular complexity index is 531. The number of rotatable bonds is 3. The SMILES string of the molecule is CN(C)S(=O)(=O)c1ccc(N)c(OC(C)(C)C)c1. The Balaban J connectivity index is 3.25. The molecule has 102 valence electrons. The summed E-state index contributed by atoms with van der Waals surface area (Å²) in [6.45, 7) is 5.62. The summed E-state index contributed by atoms with van der Waals surface area (Å²) in [4.78, 5) is 0.168. The van der Waals surface area contributed by atoms with Crippen molar-refractivity contribution < 1.29 is 13.2 Å². The molecular weight excluding hydrogens is 252 g/mol. The molecule has 0 fully saturated rings. The van der Waals surface area contributed by atoms with Crippen LogP contribution in [0.25, 0.3) is 0 Å².